The van der Waals surface area contributed by atoms with E-state index in [0.717, 1.165) is 39.3 Å². The Morgan fingerprint density at radius 3 is 2.76 bits per heavy atom. The highest BCUT2D eigenvalue weighted by atomic mass is 79.9. The molecule has 4 aromatic rings. The normalized spacial score (nSPS) is 16.5. The molecule has 0 radical (unpaired) electrons. The first-order chi connectivity index (χ1) is 14.1. The molecule has 148 valence electrons. The Morgan fingerprint density at radius 2 is 1.97 bits per heavy atom. The molecule has 1 aliphatic rings. The number of hydrogen-bond donors (Lipinski definition) is 0. The predicted molar refractivity (Wildman–Crippen MR) is 116 cm³/mol. The van der Waals surface area contributed by atoms with Crippen LogP contribution in [-0.4, -0.2) is 27.7 Å². The van der Waals surface area contributed by atoms with Crippen LogP contribution in [0.5, 0.6) is 0 Å². The summed E-state index contributed by atoms with van der Waals surface area (Å²) in [7, 11) is 0. The summed E-state index contributed by atoms with van der Waals surface area (Å²) < 4.78 is 23.6. The van der Waals surface area contributed by atoms with E-state index in [1.165, 1.54) is 6.07 Å². The summed E-state index contributed by atoms with van der Waals surface area (Å²) in [6.07, 6.45) is 5.11. The van der Waals surface area contributed by atoms with Gasteiger partial charge in [-0.25, -0.2) is 4.39 Å². The standard InChI is InChI=1S/C22H18BrClFN3O/c23-14-10-19-20(27-12-14)16-4-3-15(24)11-18(16)28(19)22(13-5-8-29-9-6-13)21-17(25)2-1-7-26-21/h1-4,7,10-13,22H,5-6,8-9H2. The lowest BCUT2D eigenvalue weighted by molar-refractivity contribution is 0.0543. The molecule has 1 saturated heterocycles. The Morgan fingerprint density at radius 1 is 1.14 bits per heavy atom. The maximum absolute atomic E-state index is 15.0. The van der Waals surface area contributed by atoms with Crippen molar-refractivity contribution in [2.75, 3.05) is 13.2 Å². The van der Waals surface area contributed by atoms with Gasteiger partial charge in [0.2, 0.25) is 0 Å². The first-order valence-electron chi connectivity index (χ1n) is 9.56. The molecule has 0 spiro atoms. The number of fused-ring (bicyclic) bond motifs is 3. The lowest BCUT2D eigenvalue weighted by Gasteiger charge is -2.32. The fraction of sp³-hybridized carbons (Fsp3) is 0.273. The van der Waals surface area contributed by atoms with Crippen LogP contribution in [0.3, 0.4) is 0 Å². The van der Waals surface area contributed by atoms with E-state index in [2.05, 4.69) is 30.5 Å². The highest BCUT2D eigenvalue weighted by molar-refractivity contribution is 9.10. The molecule has 1 aliphatic heterocycles. The summed E-state index contributed by atoms with van der Waals surface area (Å²) in [6, 6.07) is 10.6. The average molecular weight is 475 g/mol. The Labute approximate surface area is 180 Å². The zero-order valence-electron chi connectivity index (χ0n) is 15.5. The number of nitrogens with zero attached hydrogens (tertiary/aromatic N) is 3. The van der Waals surface area contributed by atoms with Crippen LogP contribution in [0, 0.1) is 11.7 Å². The van der Waals surface area contributed by atoms with Gasteiger partial charge in [-0.2, -0.15) is 0 Å². The third kappa shape index (κ3) is 3.33. The van der Waals surface area contributed by atoms with Crippen LogP contribution in [0.25, 0.3) is 21.9 Å². The van der Waals surface area contributed by atoms with Crippen LogP contribution in [0.4, 0.5) is 4.39 Å². The SMILES string of the molecule is Fc1cccnc1C(C1CCOCC1)n1c2cc(Cl)ccc2c2ncc(Br)cc21. The van der Waals surface area contributed by atoms with Crippen LogP contribution in [0.2, 0.25) is 5.02 Å². The van der Waals surface area contributed by atoms with Crippen LogP contribution in [0.1, 0.15) is 24.6 Å². The number of hydrogen-bond acceptors (Lipinski definition) is 3. The number of benzene rings is 1. The van der Waals surface area contributed by atoms with Crippen molar-refractivity contribution in [3.63, 3.8) is 0 Å². The molecule has 4 nitrogen and oxygen atoms in total. The van der Waals surface area contributed by atoms with Crippen molar-refractivity contribution < 1.29 is 9.13 Å². The van der Waals surface area contributed by atoms with Gasteiger partial charge in [-0.3, -0.25) is 9.97 Å². The van der Waals surface area contributed by atoms with Crippen molar-refractivity contribution in [2.24, 2.45) is 5.92 Å². The second kappa shape index (κ2) is 7.67. The molecule has 3 aromatic heterocycles. The molecule has 4 heterocycles. The Balaban J connectivity index is 1.86. The minimum Gasteiger partial charge on any atom is -0.381 e. The van der Waals surface area contributed by atoms with E-state index in [1.807, 2.05) is 24.3 Å². The molecule has 0 saturated carbocycles. The Bertz CT molecular complexity index is 1150. The second-order valence-electron chi connectivity index (χ2n) is 7.32. The van der Waals surface area contributed by atoms with Crippen molar-refractivity contribution in [3.05, 3.63) is 69.8 Å². The Hall–Kier alpha value is -2.02. The number of ether oxygens (including phenoxy) is 1. The van der Waals surface area contributed by atoms with Crippen molar-refractivity contribution in [3.8, 4) is 0 Å². The lowest BCUT2D eigenvalue weighted by Crippen LogP contribution is -2.28. The number of aromatic nitrogens is 3. The summed E-state index contributed by atoms with van der Waals surface area (Å²) >= 11 is 9.91. The number of rotatable bonds is 3. The minimum atomic E-state index is -0.302. The van der Waals surface area contributed by atoms with E-state index >= 15 is 0 Å². The van der Waals surface area contributed by atoms with E-state index in [4.69, 9.17) is 16.3 Å². The van der Waals surface area contributed by atoms with E-state index in [9.17, 15) is 4.39 Å². The summed E-state index contributed by atoms with van der Waals surface area (Å²) in [6.45, 7) is 1.32. The van der Waals surface area contributed by atoms with Crippen molar-refractivity contribution in [1.29, 1.82) is 0 Å². The van der Waals surface area contributed by atoms with Crippen molar-refractivity contribution in [1.82, 2.24) is 14.5 Å². The monoisotopic (exact) mass is 473 g/mol. The highest BCUT2D eigenvalue weighted by Gasteiger charge is 2.32. The van der Waals surface area contributed by atoms with Crippen LogP contribution in [0.15, 0.2) is 53.3 Å². The lowest BCUT2D eigenvalue weighted by atomic mass is 9.88. The van der Waals surface area contributed by atoms with Gasteiger partial charge >= 0.3 is 0 Å². The molecular formula is C22H18BrClFN3O. The fourth-order valence-electron chi connectivity index (χ4n) is 4.36. The second-order valence-corrected chi connectivity index (χ2v) is 8.67. The van der Waals surface area contributed by atoms with E-state index < -0.39 is 0 Å². The maximum Gasteiger partial charge on any atom is 0.146 e. The molecule has 1 aromatic carbocycles. The van der Waals surface area contributed by atoms with Gasteiger partial charge in [-0.05, 0) is 71.1 Å². The molecule has 0 bridgehead atoms. The molecular weight excluding hydrogens is 457 g/mol. The van der Waals surface area contributed by atoms with Crippen molar-refractivity contribution >= 4 is 49.5 Å². The van der Waals surface area contributed by atoms with E-state index in [1.54, 1.807) is 18.5 Å². The van der Waals surface area contributed by atoms with Gasteiger partial charge < -0.3 is 9.30 Å². The molecule has 29 heavy (non-hydrogen) atoms. The van der Waals surface area contributed by atoms with E-state index in [-0.39, 0.29) is 17.8 Å². The predicted octanol–water partition coefficient (Wildman–Crippen LogP) is 6.16. The number of pyridine rings is 2. The Kier molecular flexibility index (Phi) is 5.02. The van der Waals surface area contributed by atoms with Gasteiger partial charge in [-0.15, -0.1) is 0 Å². The summed E-state index contributed by atoms with van der Waals surface area (Å²) in [5, 5.41) is 1.62. The van der Waals surface area contributed by atoms with Gasteiger partial charge in [0.15, 0.2) is 0 Å². The molecule has 1 fully saturated rings. The van der Waals surface area contributed by atoms with Crippen molar-refractivity contribution in [2.45, 2.75) is 18.9 Å². The zero-order chi connectivity index (χ0) is 20.0. The first kappa shape index (κ1) is 19.0. The molecule has 1 atom stereocenters. The first-order valence-corrected chi connectivity index (χ1v) is 10.7. The van der Waals surface area contributed by atoms with Crippen LogP contribution in [-0.2, 0) is 4.74 Å². The fourth-order valence-corrected chi connectivity index (χ4v) is 4.84. The van der Waals surface area contributed by atoms with Gasteiger partial charge in [0, 0.05) is 40.5 Å². The quantitative estimate of drug-likeness (QED) is 0.357. The smallest absolute Gasteiger partial charge is 0.146 e. The summed E-state index contributed by atoms with van der Waals surface area (Å²) in [4.78, 5) is 9.12. The molecule has 0 amide bonds. The molecule has 1 unspecified atom stereocenters. The van der Waals surface area contributed by atoms with Gasteiger partial charge in [-0.1, -0.05) is 11.6 Å². The minimum absolute atomic E-state index is 0.185. The van der Waals surface area contributed by atoms with E-state index in [0.29, 0.717) is 23.9 Å². The molecule has 0 N–H and O–H groups in total. The molecule has 5 rings (SSSR count). The van der Waals surface area contributed by atoms with Gasteiger partial charge in [0.05, 0.1) is 28.3 Å². The topological polar surface area (TPSA) is 39.9 Å². The zero-order valence-corrected chi connectivity index (χ0v) is 17.8. The van der Waals surface area contributed by atoms with Crippen LogP contribution >= 0.6 is 27.5 Å². The molecule has 7 heteroatoms. The van der Waals surface area contributed by atoms with Crippen LogP contribution < -0.4 is 0 Å². The summed E-state index contributed by atoms with van der Waals surface area (Å²) in [5.41, 5.74) is 3.17. The summed E-state index contributed by atoms with van der Waals surface area (Å²) in [5.74, 6) is -0.117. The molecule has 0 aliphatic carbocycles. The number of halogens is 3. The maximum atomic E-state index is 15.0. The third-order valence-corrected chi connectivity index (χ3v) is 6.29. The van der Waals surface area contributed by atoms with Gasteiger partial charge in [0.1, 0.15) is 5.82 Å². The average Bonchev–Trinajstić information content (AvgIpc) is 3.03. The third-order valence-electron chi connectivity index (χ3n) is 5.63. The largest absolute Gasteiger partial charge is 0.381 e. The highest BCUT2D eigenvalue weighted by Crippen LogP contribution is 2.41. The van der Waals surface area contributed by atoms with Gasteiger partial charge in [0.25, 0.3) is 0 Å².